The quantitative estimate of drug-likeness (QED) is 0.576. The zero-order valence-electron chi connectivity index (χ0n) is 15.5. The molecule has 142 valence electrons. The van der Waals surface area contributed by atoms with Gasteiger partial charge in [0, 0.05) is 17.9 Å². The smallest absolute Gasteiger partial charge is 0.310 e. The fraction of sp³-hybridized carbons (Fsp3) is 0.182. The summed E-state index contributed by atoms with van der Waals surface area (Å²) in [6, 6.07) is 21.4. The first-order valence-electron chi connectivity index (χ1n) is 9.24. The first-order valence-corrected chi connectivity index (χ1v) is 10.2. The van der Waals surface area contributed by atoms with E-state index in [0.717, 1.165) is 28.3 Å². The Morgan fingerprint density at radius 1 is 1.14 bits per heavy atom. The van der Waals surface area contributed by atoms with Gasteiger partial charge in [-0.1, -0.05) is 61.3 Å². The van der Waals surface area contributed by atoms with Gasteiger partial charge in [0.25, 0.3) is 0 Å². The number of carbonyl (C=O) groups excluding carboxylic acids is 1. The van der Waals surface area contributed by atoms with E-state index < -0.39 is 0 Å². The van der Waals surface area contributed by atoms with Gasteiger partial charge in [0.05, 0.1) is 18.0 Å². The van der Waals surface area contributed by atoms with Crippen LogP contribution in [0.1, 0.15) is 41.1 Å². The van der Waals surface area contributed by atoms with Crippen LogP contribution in [0.15, 0.2) is 82.5 Å². The van der Waals surface area contributed by atoms with Gasteiger partial charge in [-0.3, -0.25) is 4.79 Å². The summed E-state index contributed by atoms with van der Waals surface area (Å²) in [7, 11) is 0. The number of nitrogens with zero attached hydrogens (tertiary/aromatic N) is 2. The lowest BCUT2D eigenvalue weighted by molar-refractivity contribution is 0.0678. The van der Waals surface area contributed by atoms with Gasteiger partial charge < -0.3 is 9.14 Å². The molecule has 3 aromatic rings. The Hall–Kier alpha value is -2.99. The molecule has 0 bridgehead atoms. The number of benzene rings is 2. The highest BCUT2D eigenvalue weighted by atomic mass is 32.2. The molecule has 0 fully saturated rings. The van der Waals surface area contributed by atoms with Gasteiger partial charge in [-0.05, 0) is 35.4 Å². The number of hydrogen-bond acceptors (Lipinski definition) is 5. The van der Waals surface area contributed by atoms with E-state index in [4.69, 9.17) is 4.42 Å². The van der Waals surface area contributed by atoms with E-state index in [-0.39, 0.29) is 11.9 Å². The lowest BCUT2D eigenvalue weighted by atomic mass is 9.98. The summed E-state index contributed by atoms with van der Waals surface area (Å²) in [5.41, 5.74) is 4.02. The molecular weight excluding hydrogens is 370 g/mol. The van der Waals surface area contributed by atoms with Crippen molar-refractivity contribution in [1.82, 2.24) is 5.01 Å². The van der Waals surface area contributed by atoms with Crippen LogP contribution in [0.5, 0.6) is 0 Å². The molecule has 1 N–H and O–H groups in total. The second kappa shape index (κ2) is 8.35. The van der Waals surface area contributed by atoms with Crippen molar-refractivity contribution in [2.45, 2.75) is 19.4 Å². The Kier molecular flexibility index (Phi) is 5.48. The Balaban J connectivity index is 1.63. The first-order chi connectivity index (χ1) is 13.8. The average molecular weight is 391 g/mol. The third kappa shape index (κ3) is 3.82. The Labute approximate surface area is 168 Å². The van der Waals surface area contributed by atoms with Crippen molar-refractivity contribution < 1.29 is 9.21 Å². The second-order valence-electron chi connectivity index (χ2n) is 6.42. The molecule has 1 aromatic heterocycles. The van der Waals surface area contributed by atoms with Crippen LogP contribution in [0.3, 0.4) is 0 Å². The second-order valence-corrected chi connectivity index (χ2v) is 7.49. The monoisotopic (exact) mass is 391 g/mol. The van der Waals surface area contributed by atoms with Gasteiger partial charge in [0.1, 0.15) is 0 Å². The fourth-order valence-electron chi connectivity index (χ4n) is 3.21. The molecule has 4 rings (SSSR count). The van der Waals surface area contributed by atoms with E-state index in [2.05, 4.69) is 16.7 Å². The number of furan rings is 1. The summed E-state index contributed by atoms with van der Waals surface area (Å²) in [5.74, 6) is 1.06. The maximum absolute atomic E-state index is 13.0. The minimum atomic E-state index is -0.230. The van der Waals surface area contributed by atoms with Gasteiger partial charge in [0.2, 0.25) is 0 Å². The van der Waals surface area contributed by atoms with Crippen LogP contribution in [-0.2, 0) is 0 Å². The molecule has 1 aliphatic rings. The summed E-state index contributed by atoms with van der Waals surface area (Å²) >= 11 is 1.66. The zero-order valence-corrected chi connectivity index (χ0v) is 16.4. The maximum atomic E-state index is 13.0. The van der Waals surface area contributed by atoms with Gasteiger partial charge in [-0.25, -0.2) is 5.01 Å². The molecule has 1 unspecified atom stereocenters. The molecule has 5 nitrogen and oxygen atoms in total. The topological polar surface area (TPSA) is 57.8 Å². The number of carbonyl (C=O) groups is 1. The van der Waals surface area contributed by atoms with Gasteiger partial charge in [-0.15, -0.1) is 0 Å². The van der Waals surface area contributed by atoms with Crippen LogP contribution in [-0.4, -0.2) is 22.4 Å². The summed E-state index contributed by atoms with van der Waals surface area (Å²) in [6.45, 7) is 2.10. The molecular formula is C22H21N3O2S. The normalized spacial score (nSPS) is 16.1. The molecule has 28 heavy (non-hydrogen) atoms. The van der Waals surface area contributed by atoms with Crippen molar-refractivity contribution in [3.05, 3.63) is 89.9 Å². The number of hydrogen-bond donors (Lipinski definition) is 1. The highest BCUT2D eigenvalue weighted by Crippen LogP contribution is 2.34. The van der Waals surface area contributed by atoms with E-state index in [1.165, 1.54) is 6.26 Å². The number of nitrogens with one attached hydrogen (secondary N) is 1. The molecule has 0 radical (unpaired) electrons. The van der Waals surface area contributed by atoms with Crippen molar-refractivity contribution in [1.29, 1.82) is 0 Å². The van der Waals surface area contributed by atoms with E-state index >= 15 is 0 Å². The molecule has 0 aliphatic carbocycles. The fourth-order valence-corrected chi connectivity index (χ4v) is 3.65. The van der Waals surface area contributed by atoms with Crippen LogP contribution >= 0.6 is 11.9 Å². The summed E-state index contributed by atoms with van der Waals surface area (Å²) in [4.78, 5) is 13.0. The highest BCUT2D eigenvalue weighted by molar-refractivity contribution is 8.00. The summed E-state index contributed by atoms with van der Waals surface area (Å²) in [5, 5.41) is 6.22. The third-order valence-corrected chi connectivity index (χ3v) is 5.26. The minimum Gasteiger partial charge on any atom is -0.459 e. The molecule has 6 heteroatoms. The van der Waals surface area contributed by atoms with Crippen LogP contribution in [0.2, 0.25) is 0 Å². The molecule has 0 saturated heterocycles. The first kappa shape index (κ1) is 18.4. The predicted molar refractivity (Wildman–Crippen MR) is 113 cm³/mol. The van der Waals surface area contributed by atoms with Crippen molar-refractivity contribution in [3.8, 4) is 0 Å². The zero-order chi connectivity index (χ0) is 19.3. The molecule has 1 aliphatic heterocycles. The van der Waals surface area contributed by atoms with Crippen molar-refractivity contribution in [2.24, 2.45) is 5.10 Å². The lowest BCUT2D eigenvalue weighted by Crippen LogP contribution is -2.26. The van der Waals surface area contributed by atoms with Crippen molar-refractivity contribution in [3.63, 3.8) is 0 Å². The largest absolute Gasteiger partial charge is 0.459 e. The Morgan fingerprint density at radius 3 is 2.61 bits per heavy atom. The highest BCUT2D eigenvalue weighted by Gasteiger charge is 2.34. The summed E-state index contributed by atoms with van der Waals surface area (Å²) in [6.07, 6.45) is 2.17. The Bertz CT molecular complexity index is 953. The molecule has 2 heterocycles. The van der Waals surface area contributed by atoms with E-state index in [9.17, 15) is 4.79 Å². The molecule has 1 amide bonds. The van der Waals surface area contributed by atoms with E-state index in [1.807, 2.05) is 54.6 Å². The van der Waals surface area contributed by atoms with Crippen LogP contribution < -0.4 is 4.72 Å². The third-order valence-electron chi connectivity index (χ3n) is 4.59. The number of hydrazone groups is 1. The molecule has 1 atom stereocenters. The number of rotatable bonds is 6. The van der Waals surface area contributed by atoms with E-state index in [1.54, 1.807) is 29.1 Å². The van der Waals surface area contributed by atoms with Gasteiger partial charge in [-0.2, -0.15) is 5.10 Å². The van der Waals surface area contributed by atoms with Crippen LogP contribution in [0.25, 0.3) is 0 Å². The average Bonchev–Trinajstić information content (AvgIpc) is 3.43. The maximum Gasteiger partial charge on any atom is 0.310 e. The van der Waals surface area contributed by atoms with Gasteiger partial charge in [0.15, 0.2) is 5.76 Å². The summed E-state index contributed by atoms with van der Waals surface area (Å²) < 4.78 is 8.61. The van der Waals surface area contributed by atoms with Crippen molar-refractivity contribution >= 4 is 29.3 Å². The lowest BCUT2D eigenvalue weighted by Gasteiger charge is -2.21. The predicted octanol–water partition coefficient (Wildman–Crippen LogP) is 5.35. The van der Waals surface area contributed by atoms with Gasteiger partial charge >= 0.3 is 5.91 Å². The number of amides is 1. The Morgan fingerprint density at radius 2 is 1.93 bits per heavy atom. The minimum absolute atomic E-state index is 0.151. The number of anilines is 1. The van der Waals surface area contributed by atoms with Crippen molar-refractivity contribution in [2.75, 3.05) is 10.5 Å². The van der Waals surface area contributed by atoms with Crippen LogP contribution in [0.4, 0.5) is 5.69 Å². The standard InChI is InChI=1S/C22H21N3O2S/c1-2-28-24-18-12-10-16(11-13-18)19-15-20(17-7-4-3-5-8-17)25(23-19)22(26)21-9-6-14-27-21/h3-14,20,24H,2,15H2,1H3. The van der Waals surface area contributed by atoms with Crippen LogP contribution in [0, 0.1) is 0 Å². The SMILES string of the molecule is CCSNc1ccc(C2=NN(C(=O)c3ccco3)C(c3ccccc3)C2)cc1. The molecule has 2 aromatic carbocycles. The van der Waals surface area contributed by atoms with E-state index in [0.29, 0.717) is 12.2 Å². The molecule has 0 saturated carbocycles. The molecule has 0 spiro atoms.